The fourth-order valence-electron chi connectivity index (χ4n) is 1.46. The van der Waals surface area contributed by atoms with Crippen LogP contribution >= 0.6 is 11.3 Å². The van der Waals surface area contributed by atoms with Crippen molar-refractivity contribution in [1.29, 1.82) is 0 Å². The lowest BCUT2D eigenvalue weighted by Gasteiger charge is -2.07. The second-order valence-electron chi connectivity index (χ2n) is 3.60. The molecule has 4 heteroatoms. The first-order valence-corrected chi connectivity index (χ1v) is 6.04. The highest BCUT2D eigenvalue weighted by Gasteiger charge is 2.10. The summed E-state index contributed by atoms with van der Waals surface area (Å²) in [6, 6.07) is 2.02. The summed E-state index contributed by atoms with van der Waals surface area (Å²) < 4.78 is 1.23. The predicted octanol–water partition coefficient (Wildman–Crippen LogP) is 2.40. The van der Waals surface area contributed by atoms with Gasteiger partial charge in [-0.2, -0.15) is 0 Å². The van der Waals surface area contributed by atoms with Crippen LogP contribution in [-0.4, -0.2) is 23.1 Å². The Hall–Kier alpha value is -1.00. The summed E-state index contributed by atoms with van der Waals surface area (Å²) >= 11 is 1.76. The minimum Gasteiger partial charge on any atom is -0.316 e. The molecule has 0 aliphatic carbocycles. The van der Waals surface area contributed by atoms with Gasteiger partial charge in [0.15, 0.2) is 0 Å². The molecule has 2 rings (SSSR count). The molecule has 0 fully saturated rings. The van der Waals surface area contributed by atoms with Crippen LogP contribution in [0, 0.1) is 0 Å². The molecule has 0 amide bonds. The fourth-order valence-corrected chi connectivity index (χ4v) is 2.44. The van der Waals surface area contributed by atoms with Crippen molar-refractivity contribution in [3.8, 4) is 0 Å². The van der Waals surface area contributed by atoms with E-state index in [1.165, 1.54) is 9.71 Å². The van der Waals surface area contributed by atoms with Gasteiger partial charge in [-0.05, 0) is 12.6 Å². The molecule has 0 saturated carbocycles. The lowest BCUT2D eigenvalue weighted by molar-refractivity contribution is 0.633. The Balaban J connectivity index is 2.20. The summed E-state index contributed by atoms with van der Waals surface area (Å²) in [5, 5.41) is 4.54. The number of aromatic nitrogens is 2. The summed E-state index contributed by atoms with van der Waals surface area (Å²) in [4.78, 5) is 8.66. The number of pyridine rings is 1. The Morgan fingerprint density at radius 2 is 2.40 bits per heavy atom. The van der Waals surface area contributed by atoms with Crippen molar-refractivity contribution >= 4 is 21.6 Å². The van der Waals surface area contributed by atoms with Crippen molar-refractivity contribution < 1.29 is 0 Å². The van der Waals surface area contributed by atoms with Crippen LogP contribution < -0.4 is 5.32 Å². The molecule has 0 bridgehead atoms. The number of thiazole rings is 1. The topological polar surface area (TPSA) is 37.8 Å². The van der Waals surface area contributed by atoms with Gasteiger partial charge in [0.1, 0.15) is 0 Å². The van der Waals surface area contributed by atoms with Gasteiger partial charge in [-0.25, -0.2) is 4.98 Å². The largest absolute Gasteiger partial charge is 0.316 e. The molecule has 15 heavy (non-hydrogen) atoms. The molecular weight excluding hydrogens is 206 g/mol. The normalized spacial score (nSPS) is 13.2. The van der Waals surface area contributed by atoms with E-state index in [2.05, 4.69) is 29.1 Å². The Labute approximate surface area is 93.6 Å². The molecule has 1 N–H and O–H groups in total. The number of likely N-dealkylation sites (N-methyl/N-ethyl adjacent to an activating group) is 1. The van der Waals surface area contributed by atoms with Gasteiger partial charge in [0.25, 0.3) is 0 Å². The predicted molar refractivity (Wildman–Crippen MR) is 64.4 cm³/mol. The molecule has 0 aliphatic heterocycles. The molecule has 2 aromatic heterocycles. The lowest BCUT2D eigenvalue weighted by atomic mass is 10.2. The third-order valence-electron chi connectivity index (χ3n) is 2.33. The maximum absolute atomic E-state index is 4.58. The summed E-state index contributed by atoms with van der Waals surface area (Å²) in [6.45, 7) is 6.32. The smallest absolute Gasteiger partial charge is 0.0998 e. The molecule has 2 heterocycles. The van der Waals surface area contributed by atoms with Gasteiger partial charge in [-0.1, -0.05) is 13.8 Å². The number of hydrogen-bond donors (Lipinski definition) is 1. The summed E-state index contributed by atoms with van der Waals surface area (Å²) in [5.74, 6) is 0.474. The van der Waals surface area contributed by atoms with Gasteiger partial charge in [-0.3, -0.25) is 4.98 Å². The first-order valence-electron chi connectivity index (χ1n) is 5.22. The monoisotopic (exact) mass is 221 g/mol. The van der Waals surface area contributed by atoms with E-state index in [4.69, 9.17) is 0 Å². The molecule has 1 unspecified atom stereocenters. The van der Waals surface area contributed by atoms with Crippen LogP contribution in [0.2, 0.25) is 0 Å². The van der Waals surface area contributed by atoms with Crippen molar-refractivity contribution in [1.82, 2.24) is 15.3 Å². The van der Waals surface area contributed by atoms with E-state index in [-0.39, 0.29) is 0 Å². The minimum absolute atomic E-state index is 0.474. The van der Waals surface area contributed by atoms with Crippen molar-refractivity contribution in [3.63, 3.8) is 0 Å². The quantitative estimate of drug-likeness (QED) is 0.861. The van der Waals surface area contributed by atoms with E-state index in [1.54, 1.807) is 11.3 Å². The molecule has 1 atom stereocenters. The zero-order chi connectivity index (χ0) is 10.7. The average Bonchev–Trinajstić information content (AvgIpc) is 2.69. The van der Waals surface area contributed by atoms with Crippen LogP contribution in [0.25, 0.3) is 10.2 Å². The maximum atomic E-state index is 4.58. The SMILES string of the molecule is CCNCC(C)c1nc2cnccc2s1. The number of rotatable bonds is 4. The van der Waals surface area contributed by atoms with Crippen molar-refractivity contribution in [3.05, 3.63) is 23.5 Å². The molecule has 2 aromatic rings. The summed E-state index contributed by atoms with van der Waals surface area (Å²) in [6.07, 6.45) is 3.65. The molecule has 0 aromatic carbocycles. The van der Waals surface area contributed by atoms with Gasteiger partial charge in [0, 0.05) is 18.7 Å². The van der Waals surface area contributed by atoms with Crippen LogP contribution in [0.1, 0.15) is 24.8 Å². The van der Waals surface area contributed by atoms with E-state index in [0.29, 0.717) is 5.92 Å². The average molecular weight is 221 g/mol. The van der Waals surface area contributed by atoms with Gasteiger partial charge >= 0.3 is 0 Å². The molecule has 80 valence electrons. The van der Waals surface area contributed by atoms with E-state index in [9.17, 15) is 0 Å². The maximum Gasteiger partial charge on any atom is 0.0998 e. The molecule has 0 radical (unpaired) electrons. The molecule has 0 spiro atoms. The summed E-state index contributed by atoms with van der Waals surface area (Å²) in [5.41, 5.74) is 1.01. The zero-order valence-electron chi connectivity index (χ0n) is 9.03. The van der Waals surface area contributed by atoms with Crippen molar-refractivity contribution in [2.24, 2.45) is 0 Å². The highest BCUT2D eigenvalue weighted by atomic mass is 32.1. The molecule has 3 nitrogen and oxygen atoms in total. The van der Waals surface area contributed by atoms with Crippen LogP contribution in [0.3, 0.4) is 0 Å². The van der Waals surface area contributed by atoms with E-state index >= 15 is 0 Å². The van der Waals surface area contributed by atoms with Crippen LogP contribution in [-0.2, 0) is 0 Å². The Morgan fingerprint density at radius 1 is 1.53 bits per heavy atom. The third kappa shape index (κ3) is 2.33. The molecule has 0 saturated heterocycles. The second-order valence-corrected chi connectivity index (χ2v) is 4.67. The Bertz CT molecular complexity index is 405. The van der Waals surface area contributed by atoms with E-state index < -0.39 is 0 Å². The number of nitrogens with zero attached hydrogens (tertiary/aromatic N) is 2. The number of nitrogens with one attached hydrogen (secondary N) is 1. The highest BCUT2D eigenvalue weighted by molar-refractivity contribution is 7.18. The van der Waals surface area contributed by atoms with Crippen LogP contribution in [0.4, 0.5) is 0 Å². The van der Waals surface area contributed by atoms with Gasteiger partial charge in [0.2, 0.25) is 0 Å². The summed E-state index contributed by atoms with van der Waals surface area (Å²) in [7, 11) is 0. The van der Waals surface area contributed by atoms with Gasteiger partial charge < -0.3 is 5.32 Å². The van der Waals surface area contributed by atoms with E-state index in [1.807, 2.05) is 18.5 Å². The van der Waals surface area contributed by atoms with Crippen molar-refractivity contribution in [2.45, 2.75) is 19.8 Å². The Kier molecular flexibility index (Phi) is 3.28. The highest BCUT2D eigenvalue weighted by Crippen LogP contribution is 2.26. The Morgan fingerprint density at radius 3 is 3.13 bits per heavy atom. The first-order chi connectivity index (χ1) is 7.31. The van der Waals surface area contributed by atoms with Crippen molar-refractivity contribution in [2.75, 3.05) is 13.1 Å². The first kappa shape index (κ1) is 10.5. The molecule has 0 aliphatic rings. The number of hydrogen-bond acceptors (Lipinski definition) is 4. The van der Waals surface area contributed by atoms with Gasteiger partial charge in [0.05, 0.1) is 21.4 Å². The molecular formula is C11H15N3S. The van der Waals surface area contributed by atoms with Gasteiger partial charge in [-0.15, -0.1) is 11.3 Å². The minimum atomic E-state index is 0.474. The van der Waals surface area contributed by atoms with E-state index in [0.717, 1.165) is 18.6 Å². The van der Waals surface area contributed by atoms with Crippen LogP contribution in [0.5, 0.6) is 0 Å². The second kappa shape index (κ2) is 4.68. The van der Waals surface area contributed by atoms with Crippen LogP contribution in [0.15, 0.2) is 18.5 Å². The lowest BCUT2D eigenvalue weighted by Crippen LogP contribution is -2.19. The zero-order valence-corrected chi connectivity index (χ0v) is 9.84. The standard InChI is InChI=1S/C11H15N3S/c1-3-12-6-8(2)11-14-9-7-13-5-4-10(9)15-11/h4-5,7-8,12H,3,6H2,1-2H3. The fraction of sp³-hybridized carbons (Fsp3) is 0.455. The number of fused-ring (bicyclic) bond motifs is 1. The third-order valence-corrected chi connectivity index (χ3v) is 3.60.